The number of likely N-dealkylation sites (tertiary alicyclic amines) is 1. The van der Waals surface area contributed by atoms with E-state index in [1.807, 2.05) is 18.2 Å². The number of hydrogen-bond acceptors (Lipinski definition) is 2. The lowest BCUT2D eigenvalue weighted by Gasteiger charge is -2.30. The molecule has 0 saturated carbocycles. The summed E-state index contributed by atoms with van der Waals surface area (Å²) in [4.78, 5) is 5.63. The first-order valence-electron chi connectivity index (χ1n) is 6.10. The lowest BCUT2D eigenvalue weighted by molar-refractivity contribution is 0.184. The number of hydrogen-bond donors (Lipinski definition) is 1. The first kappa shape index (κ1) is 10.4. The number of nitrogens with zero attached hydrogens (tertiary/aromatic N) is 2. The minimum atomic E-state index is 0.728. The summed E-state index contributed by atoms with van der Waals surface area (Å²) in [6.07, 6.45) is 2.28. The van der Waals surface area contributed by atoms with Gasteiger partial charge >= 0.3 is 0 Å². The molecule has 2 heterocycles. The van der Waals surface area contributed by atoms with Gasteiger partial charge in [-0.05, 0) is 37.6 Å². The molecule has 3 rings (SSSR count). The lowest BCUT2D eigenvalue weighted by Crippen LogP contribution is -2.38. The van der Waals surface area contributed by atoms with Crippen LogP contribution < -0.4 is 0 Å². The summed E-state index contributed by atoms with van der Waals surface area (Å²) < 4.78 is 0. The minimum Gasteiger partial charge on any atom is -0.346 e. The van der Waals surface area contributed by atoms with E-state index >= 15 is 0 Å². The van der Waals surface area contributed by atoms with Crippen LogP contribution >= 0.6 is 0 Å². The predicted octanol–water partition coefficient (Wildman–Crippen LogP) is 2.29. The van der Waals surface area contributed by atoms with E-state index in [0.29, 0.717) is 0 Å². The van der Waals surface area contributed by atoms with Gasteiger partial charge in [-0.2, -0.15) is 5.26 Å². The summed E-state index contributed by atoms with van der Waals surface area (Å²) in [6, 6.07) is 10.4. The number of rotatable bonds is 3. The maximum absolute atomic E-state index is 9.16. The molecule has 0 bridgehead atoms. The van der Waals surface area contributed by atoms with Gasteiger partial charge in [0.1, 0.15) is 11.8 Å². The fourth-order valence-electron chi connectivity index (χ4n) is 2.43. The number of fused-ring (bicyclic) bond motifs is 1. The van der Waals surface area contributed by atoms with E-state index in [1.54, 1.807) is 0 Å². The van der Waals surface area contributed by atoms with Crippen molar-refractivity contribution in [2.45, 2.75) is 12.8 Å². The summed E-state index contributed by atoms with van der Waals surface area (Å²) in [5.41, 5.74) is 2.98. The van der Waals surface area contributed by atoms with Gasteiger partial charge in [-0.1, -0.05) is 18.2 Å². The van der Waals surface area contributed by atoms with E-state index < -0.39 is 0 Å². The molecule has 0 spiro atoms. The molecule has 1 aliphatic rings. The molecule has 3 nitrogen and oxygen atoms in total. The van der Waals surface area contributed by atoms with Crippen LogP contribution in [0.15, 0.2) is 24.3 Å². The molecular formula is C14H15N3. The monoisotopic (exact) mass is 225 g/mol. The van der Waals surface area contributed by atoms with Gasteiger partial charge < -0.3 is 9.88 Å². The SMILES string of the molecule is N#Cc1[nH]c2ccccc2c1CCN1CCC1. The van der Waals surface area contributed by atoms with E-state index in [0.717, 1.165) is 24.2 Å². The van der Waals surface area contributed by atoms with Crippen LogP contribution in [0.25, 0.3) is 10.9 Å². The van der Waals surface area contributed by atoms with Crippen LogP contribution in [0, 0.1) is 11.3 Å². The lowest BCUT2D eigenvalue weighted by atomic mass is 10.1. The Balaban J connectivity index is 1.92. The standard InChI is InChI=1S/C14H15N3/c15-10-14-12(6-9-17-7-3-8-17)11-4-1-2-5-13(11)16-14/h1-2,4-5,16H,3,6-9H2. The zero-order valence-electron chi connectivity index (χ0n) is 9.74. The number of aromatic nitrogens is 1. The van der Waals surface area contributed by atoms with Crippen LogP contribution in [-0.2, 0) is 6.42 Å². The fraction of sp³-hybridized carbons (Fsp3) is 0.357. The Hall–Kier alpha value is -1.79. The van der Waals surface area contributed by atoms with Crippen molar-refractivity contribution in [2.24, 2.45) is 0 Å². The predicted molar refractivity (Wildman–Crippen MR) is 67.8 cm³/mol. The Morgan fingerprint density at radius 1 is 1.29 bits per heavy atom. The van der Waals surface area contributed by atoms with Gasteiger partial charge in [-0.15, -0.1) is 0 Å². The normalized spacial score (nSPS) is 15.7. The van der Waals surface area contributed by atoms with Crippen molar-refractivity contribution in [3.8, 4) is 6.07 Å². The molecule has 86 valence electrons. The Bertz CT molecular complexity index is 573. The van der Waals surface area contributed by atoms with Gasteiger partial charge in [0.2, 0.25) is 0 Å². The van der Waals surface area contributed by atoms with Crippen molar-refractivity contribution in [3.05, 3.63) is 35.5 Å². The second-order valence-electron chi connectivity index (χ2n) is 4.58. The number of nitrogens with one attached hydrogen (secondary N) is 1. The molecular weight excluding hydrogens is 210 g/mol. The van der Waals surface area contributed by atoms with Crippen LogP contribution in [-0.4, -0.2) is 29.5 Å². The maximum Gasteiger partial charge on any atom is 0.121 e. The summed E-state index contributed by atoms with van der Waals surface area (Å²) in [6.45, 7) is 3.49. The Labute approximate surface area is 101 Å². The topological polar surface area (TPSA) is 42.8 Å². The van der Waals surface area contributed by atoms with Crippen molar-refractivity contribution in [1.82, 2.24) is 9.88 Å². The zero-order chi connectivity index (χ0) is 11.7. The van der Waals surface area contributed by atoms with E-state index in [1.165, 1.54) is 30.5 Å². The Morgan fingerprint density at radius 2 is 2.12 bits per heavy atom. The highest BCUT2D eigenvalue weighted by Gasteiger charge is 2.16. The fourth-order valence-corrected chi connectivity index (χ4v) is 2.43. The average molecular weight is 225 g/mol. The third kappa shape index (κ3) is 1.81. The third-order valence-corrected chi connectivity index (χ3v) is 3.55. The van der Waals surface area contributed by atoms with Gasteiger partial charge in [0.25, 0.3) is 0 Å². The highest BCUT2D eigenvalue weighted by molar-refractivity contribution is 5.85. The van der Waals surface area contributed by atoms with Gasteiger partial charge in [-0.3, -0.25) is 0 Å². The molecule has 0 unspecified atom stereocenters. The molecule has 0 aliphatic carbocycles. The van der Waals surface area contributed by atoms with Crippen LogP contribution in [0.2, 0.25) is 0 Å². The van der Waals surface area contributed by atoms with E-state index in [4.69, 9.17) is 5.26 Å². The number of para-hydroxylation sites is 1. The summed E-state index contributed by atoms with van der Waals surface area (Å²) >= 11 is 0. The van der Waals surface area contributed by atoms with Crippen molar-refractivity contribution in [2.75, 3.05) is 19.6 Å². The number of H-pyrrole nitrogens is 1. The first-order valence-corrected chi connectivity index (χ1v) is 6.10. The quantitative estimate of drug-likeness (QED) is 0.870. The Kier molecular flexibility index (Phi) is 2.58. The van der Waals surface area contributed by atoms with Gasteiger partial charge in [0.05, 0.1) is 0 Å². The Morgan fingerprint density at radius 3 is 2.82 bits per heavy atom. The van der Waals surface area contributed by atoms with E-state index in [9.17, 15) is 0 Å². The zero-order valence-corrected chi connectivity index (χ0v) is 9.74. The minimum absolute atomic E-state index is 0.728. The largest absolute Gasteiger partial charge is 0.346 e. The molecule has 0 atom stereocenters. The molecule has 0 amide bonds. The smallest absolute Gasteiger partial charge is 0.121 e. The van der Waals surface area contributed by atoms with E-state index in [-0.39, 0.29) is 0 Å². The molecule has 1 aromatic carbocycles. The van der Waals surface area contributed by atoms with Crippen LogP contribution in [0.3, 0.4) is 0 Å². The van der Waals surface area contributed by atoms with Crippen molar-refractivity contribution in [1.29, 1.82) is 5.26 Å². The maximum atomic E-state index is 9.16. The molecule has 3 heteroatoms. The highest BCUT2D eigenvalue weighted by Crippen LogP contribution is 2.23. The molecule has 2 aromatic rings. The summed E-state index contributed by atoms with van der Waals surface area (Å²) in [5, 5.41) is 10.4. The highest BCUT2D eigenvalue weighted by atomic mass is 15.2. The second-order valence-corrected chi connectivity index (χ2v) is 4.58. The van der Waals surface area contributed by atoms with Crippen molar-refractivity contribution < 1.29 is 0 Å². The molecule has 1 fully saturated rings. The first-order chi connectivity index (χ1) is 8.38. The van der Waals surface area contributed by atoms with Crippen LogP contribution in [0.4, 0.5) is 0 Å². The molecule has 0 radical (unpaired) electrons. The van der Waals surface area contributed by atoms with Crippen molar-refractivity contribution in [3.63, 3.8) is 0 Å². The number of nitriles is 1. The second kappa shape index (κ2) is 4.23. The summed E-state index contributed by atoms with van der Waals surface area (Å²) in [5.74, 6) is 0. The van der Waals surface area contributed by atoms with Gasteiger partial charge in [0, 0.05) is 17.4 Å². The van der Waals surface area contributed by atoms with Crippen LogP contribution in [0.1, 0.15) is 17.7 Å². The van der Waals surface area contributed by atoms with Gasteiger partial charge in [-0.25, -0.2) is 0 Å². The van der Waals surface area contributed by atoms with Crippen LogP contribution in [0.5, 0.6) is 0 Å². The number of benzene rings is 1. The molecule has 1 aliphatic heterocycles. The molecule has 17 heavy (non-hydrogen) atoms. The number of aromatic amines is 1. The van der Waals surface area contributed by atoms with Crippen molar-refractivity contribution >= 4 is 10.9 Å². The summed E-state index contributed by atoms with van der Waals surface area (Å²) in [7, 11) is 0. The molecule has 1 aromatic heterocycles. The van der Waals surface area contributed by atoms with Gasteiger partial charge in [0.15, 0.2) is 0 Å². The third-order valence-electron chi connectivity index (χ3n) is 3.55. The molecule has 1 saturated heterocycles. The van der Waals surface area contributed by atoms with E-state index in [2.05, 4.69) is 22.0 Å². The molecule has 1 N–H and O–H groups in total. The average Bonchev–Trinajstić information content (AvgIpc) is 2.66.